The molecule has 2 rings (SSSR count). The summed E-state index contributed by atoms with van der Waals surface area (Å²) in [6.07, 6.45) is 1.95. The van der Waals surface area contributed by atoms with Gasteiger partial charge in [0.05, 0.1) is 4.90 Å². The van der Waals surface area contributed by atoms with Crippen LogP contribution in [0.5, 0.6) is 0 Å². The zero-order chi connectivity index (χ0) is 20.8. The Hall–Kier alpha value is -2.42. The van der Waals surface area contributed by atoms with E-state index in [0.29, 0.717) is 35.7 Å². The summed E-state index contributed by atoms with van der Waals surface area (Å²) in [6, 6.07) is 6.92. The predicted octanol–water partition coefficient (Wildman–Crippen LogP) is 2.07. The van der Waals surface area contributed by atoms with E-state index in [1.54, 1.807) is 12.1 Å². The molecular weight excluding hydrogens is 378 g/mol. The van der Waals surface area contributed by atoms with Crippen molar-refractivity contribution in [3.8, 4) is 0 Å². The molecule has 0 saturated carbocycles. The molecule has 1 aromatic heterocycles. The first kappa shape index (κ1) is 21.9. The predicted molar refractivity (Wildman–Crippen MR) is 109 cm³/mol. The lowest BCUT2D eigenvalue weighted by Gasteiger charge is -2.11. The van der Waals surface area contributed by atoms with Crippen molar-refractivity contribution >= 4 is 15.8 Å². The van der Waals surface area contributed by atoms with Crippen molar-refractivity contribution < 1.29 is 12.9 Å². The van der Waals surface area contributed by atoms with Crippen molar-refractivity contribution in [2.24, 2.45) is 4.99 Å². The second kappa shape index (κ2) is 9.18. The van der Waals surface area contributed by atoms with Crippen LogP contribution in [0.4, 0.5) is 0 Å². The Labute approximate surface area is 166 Å². The lowest BCUT2D eigenvalue weighted by molar-refractivity contribution is 0.318. The topological polar surface area (TPSA) is 109 Å². The van der Waals surface area contributed by atoms with Gasteiger partial charge in [-0.15, -0.1) is 0 Å². The smallest absolute Gasteiger partial charge is 0.232 e. The van der Waals surface area contributed by atoms with Crippen molar-refractivity contribution in [2.45, 2.75) is 51.0 Å². The molecule has 0 atom stereocenters. The van der Waals surface area contributed by atoms with Gasteiger partial charge in [-0.3, -0.25) is 0 Å². The quantitative estimate of drug-likeness (QED) is 0.534. The van der Waals surface area contributed by atoms with Crippen LogP contribution in [0.1, 0.15) is 45.0 Å². The van der Waals surface area contributed by atoms with Gasteiger partial charge in [-0.2, -0.15) is 4.98 Å². The van der Waals surface area contributed by atoms with E-state index in [2.05, 4.69) is 25.8 Å². The van der Waals surface area contributed by atoms with Crippen LogP contribution in [-0.4, -0.2) is 43.9 Å². The molecule has 0 bridgehead atoms. The zero-order valence-corrected chi connectivity index (χ0v) is 17.9. The molecule has 9 heteroatoms. The molecular formula is C19H29N5O3S. The second-order valence-electron chi connectivity index (χ2n) is 7.55. The fourth-order valence-corrected chi connectivity index (χ4v) is 2.97. The molecule has 2 aromatic rings. The summed E-state index contributed by atoms with van der Waals surface area (Å²) in [4.78, 5) is 9.19. The number of rotatable bonds is 7. The maximum absolute atomic E-state index is 11.5. The Bertz CT molecular complexity index is 896. The Morgan fingerprint density at radius 1 is 1.18 bits per heavy atom. The van der Waals surface area contributed by atoms with Crippen LogP contribution in [-0.2, 0) is 28.2 Å². The van der Waals surface area contributed by atoms with Crippen molar-refractivity contribution in [2.75, 3.05) is 19.3 Å². The Kier molecular flexibility index (Phi) is 7.17. The minimum atomic E-state index is -3.17. The summed E-state index contributed by atoms with van der Waals surface area (Å²) in [6.45, 7) is 9.74. The summed E-state index contributed by atoms with van der Waals surface area (Å²) < 4.78 is 28.3. The Morgan fingerprint density at radius 3 is 2.39 bits per heavy atom. The molecule has 0 aliphatic heterocycles. The van der Waals surface area contributed by atoms with Gasteiger partial charge in [-0.1, -0.05) is 38.1 Å². The largest absolute Gasteiger partial charge is 0.357 e. The normalized spacial score (nSPS) is 12.8. The highest BCUT2D eigenvalue weighted by atomic mass is 32.2. The van der Waals surface area contributed by atoms with Crippen molar-refractivity contribution in [3.63, 3.8) is 0 Å². The standard InChI is InChI=1S/C19H29N5O3S/c1-6-20-18(22-13-16-23-17(27-24-16)19(2,3)4)21-12-11-14-7-9-15(10-8-14)28(5,25)26/h7-10H,6,11-13H2,1-5H3,(H2,20,21,22). The third-order valence-corrected chi connectivity index (χ3v) is 5.02. The molecule has 0 saturated heterocycles. The molecule has 2 N–H and O–H groups in total. The van der Waals surface area contributed by atoms with Crippen LogP contribution >= 0.6 is 0 Å². The second-order valence-corrected chi connectivity index (χ2v) is 9.57. The number of hydrogen-bond acceptors (Lipinski definition) is 6. The summed E-state index contributed by atoms with van der Waals surface area (Å²) in [7, 11) is -3.17. The van der Waals surface area contributed by atoms with Gasteiger partial charge in [0, 0.05) is 24.8 Å². The number of hydrogen-bond donors (Lipinski definition) is 2. The molecule has 1 aromatic carbocycles. The van der Waals surface area contributed by atoms with Crippen molar-refractivity contribution in [3.05, 3.63) is 41.5 Å². The van der Waals surface area contributed by atoms with Gasteiger partial charge in [-0.25, -0.2) is 13.4 Å². The van der Waals surface area contributed by atoms with Crippen LogP contribution in [0.3, 0.4) is 0 Å². The lowest BCUT2D eigenvalue weighted by Crippen LogP contribution is -2.38. The van der Waals surface area contributed by atoms with E-state index in [1.807, 2.05) is 39.8 Å². The van der Waals surface area contributed by atoms with Crippen LogP contribution < -0.4 is 10.6 Å². The molecule has 8 nitrogen and oxygen atoms in total. The van der Waals surface area contributed by atoms with E-state index < -0.39 is 9.84 Å². The van der Waals surface area contributed by atoms with Gasteiger partial charge in [0.2, 0.25) is 5.89 Å². The molecule has 0 amide bonds. The summed E-state index contributed by atoms with van der Waals surface area (Å²) >= 11 is 0. The monoisotopic (exact) mass is 407 g/mol. The number of benzene rings is 1. The van der Waals surface area contributed by atoms with Crippen LogP contribution in [0.2, 0.25) is 0 Å². The Morgan fingerprint density at radius 2 is 1.86 bits per heavy atom. The fraction of sp³-hybridized carbons (Fsp3) is 0.526. The summed E-state index contributed by atoms with van der Waals surface area (Å²) in [5.74, 6) is 1.80. The summed E-state index contributed by atoms with van der Waals surface area (Å²) in [5.41, 5.74) is 0.855. The number of aliphatic imine (C=N–C) groups is 1. The van der Waals surface area contributed by atoms with E-state index >= 15 is 0 Å². The minimum Gasteiger partial charge on any atom is -0.357 e. The molecule has 0 unspecified atom stereocenters. The van der Waals surface area contributed by atoms with Crippen LogP contribution in [0.25, 0.3) is 0 Å². The lowest BCUT2D eigenvalue weighted by atomic mass is 9.97. The number of guanidine groups is 1. The number of aromatic nitrogens is 2. The number of nitrogens with one attached hydrogen (secondary N) is 2. The zero-order valence-electron chi connectivity index (χ0n) is 17.1. The van der Waals surface area contributed by atoms with Crippen molar-refractivity contribution in [1.82, 2.24) is 20.8 Å². The highest BCUT2D eigenvalue weighted by Crippen LogP contribution is 2.19. The third-order valence-electron chi connectivity index (χ3n) is 3.89. The van der Waals surface area contributed by atoms with Crippen molar-refractivity contribution in [1.29, 1.82) is 0 Å². The molecule has 0 aliphatic carbocycles. The molecule has 154 valence electrons. The SMILES string of the molecule is CCNC(=NCc1noc(C(C)(C)C)n1)NCCc1ccc(S(C)(=O)=O)cc1. The van der Waals surface area contributed by atoms with E-state index in [-0.39, 0.29) is 5.41 Å². The molecule has 1 heterocycles. The highest BCUT2D eigenvalue weighted by molar-refractivity contribution is 7.90. The van der Waals surface area contributed by atoms with Gasteiger partial charge >= 0.3 is 0 Å². The van der Waals surface area contributed by atoms with Gasteiger partial charge in [0.15, 0.2) is 21.6 Å². The maximum atomic E-state index is 11.5. The first-order chi connectivity index (χ1) is 13.1. The van der Waals surface area contributed by atoms with E-state index in [9.17, 15) is 8.42 Å². The van der Waals surface area contributed by atoms with Crippen LogP contribution in [0, 0.1) is 0 Å². The molecule has 0 fully saturated rings. The van der Waals surface area contributed by atoms with Crippen LogP contribution in [0.15, 0.2) is 38.7 Å². The molecule has 0 radical (unpaired) electrons. The Balaban J connectivity index is 1.91. The third kappa shape index (κ3) is 6.63. The van der Waals surface area contributed by atoms with Gasteiger partial charge in [-0.05, 0) is 31.0 Å². The first-order valence-electron chi connectivity index (χ1n) is 9.24. The molecule has 28 heavy (non-hydrogen) atoms. The average Bonchev–Trinajstić information content (AvgIpc) is 3.09. The average molecular weight is 408 g/mol. The number of nitrogens with zero attached hydrogens (tertiary/aromatic N) is 3. The molecule has 0 spiro atoms. The maximum Gasteiger partial charge on any atom is 0.232 e. The minimum absolute atomic E-state index is 0.190. The fourth-order valence-electron chi connectivity index (χ4n) is 2.34. The highest BCUT2D eigenvalue weighted by Gasteiger charge is 2.21. The van der Waals surface area contributed by atoms with E-state index in [0.717, 1.165) is 18.5 Å². The van der Waals surface area contributed by atoms with Gasteiger partial charge in [0.1, 0.15) is 6.54 Å². The molecule has 0 aliphatic rings. The summed E-state index contributed by atoms with van der Waals surface area (Å²) in [5, 5.41) is 10.4. The number of sulfone groups is 1. The van der Waals surface area contributed by atoms with E-state index in [1.165, 1.54) is 6.26 Å². The van der Waals surface area contributed by atoms with E-state index in [4.69, 9.17) is 4.52 Å². The van der Waals surface area contributed by atoms with Gasteiger partial charge in [0.25, 0.3) is 0 Å². The first-order valence-corrected chi connectivity index (χ1v) is 11.1. The van der Waals surface area contributed by atoms with Gasteiger partial charge < -0.3 is 15.2 Å².